The average molecular weight is 215 g/mol. The molecule has 0 aliphatic carbocycles. The predicted molar refractivity (Wildman–Crippen MR) is 58.4 cm³/mol. The molecule has 2 rings (SSSR count). The highest BCUT2D eigenvalue weighted by atomic mass is 16.3. The molecular weight excluding hydrogens is 206 g/mol. The standard InChI is InChI=1S/C12H9NO3/c14-7-9-3-4-10(12(16)11(9)15)8-2-1-5-13-6-8/h1-7,15-16H. The molecule has 0 aliphatic heterocycles. The monoisotopic (exact) mass is 215 g/mol. The Hall–Kier alpha value is -2.36. The Morgan fingerprint density at radius 3 is 2.56 bits per heavy atom. The normalized spacial score (nSPS) is 10.0. The third kappa shape index (κ3) is 1.61. The molecule has 0 unspecified atom stereocenters. The van der Waals surface area contributed by atoms with Crippen LogP contribution in [0.4, 0.5) is 0 Å². The number of pyridine rings is 1. The van der Waals surface area contributed by atoms with Crippen molar-refractivity contribution >= 4 is 6.29 Å². The summed E-state index contributed by atoms with van der Waals surface area (Å²) < 4.78 is 0. The number of carbonyl (C=O) groups is 1. The first-order valence-corrected chi connectivity index (χ1v) is 4.64. The molecule has 0 saturated heterocycles. The summed E-state index contributed by atoms with van der Waals surface area (Å²) in [4.78, 5) is 14.5. The van der Waals surface area contributed by atoms with Gasteiger partial charge in [0.1, 0.15) is 0 Å². The fraction of sp³-hybridized carbons (Fsp3) is 0. The SMILES string of the molecule is O=Cc1ccc(-c2cccnc2)c(O)c1O. The second kappa shape index (κ2) is 4.02. The minimum Gasteiger partial charge on any atom is -0.504 e. The molecule has 1 heterocycles. The van der Waals surface area contributed by atoms with E-state index in [1.807, 2.05) is 0 Å². The zero-order chi connectivity index (χ0) is 11.5. The topological polar surface area (TPSA) is 70.4 Å². The molecule has 1 aromatic carbocycles. The maximum Gasteiger partial charge on any atom is 0.168 e. The lowest BCUT2D eigenvalue weighted by Gasteiger charge is -2.07. The molecule has 80 valence electrons. The number of aromatic nitrogens is 1. The van der Waals surface area contributed by atoms with Gasteiger partial charge in [-0.3, -0.25) is 9.78 Å². The summed E-state index contributed by atoms with van der Waals surface area (Å²) in [6.07, 6.45) is 3.66. The second-order valence-electron chi connectivity index (χ2n) is 3.26. The number of aromatic hydroxyl groups is 2. The van der Waals surface area contributed by atoms with E-state index >= 15 is 0 Å². The lowest BCUT2D eigenvalue weighted by molar-refractivity contribution is 0.112. The highest BCUT2D eigenvalue weighted by Crippen LogP contribution is 2.37. The van der Waals surface area contributed by atoms with Crippen LogP contribution in [0.25, 0.3) is 11.1 Å². The summed E-state index contributed by atoms with van der Waals surface area (Å²) in [6, 6.07) is 6.49. The van der Waals surface area contributed by atoms with Crippen LogP contribution < -0.4 is 0 Å². The van der Waals surface area contributed by atoms with Crippen LogP contribution in [0.2, 0.25) is 0 Å². The van der Waals surface area contributed by atoms with Crippen molar-refractivity contribution in [2.75, 3.05) is 0 Å². The number of phenolic OH excluding ortho intramolecular Hbond substituents is 2. The van der Waals surface area contributed by atoms with Gasteiger partial charge in [0.15, 0.2) is 17.8 Å². The highest BCUT2D eigenvalue weighted by Gasteiger charge is 2.12. The zero-order valence-corrected chi connectivity index (χ0v) is 8.29. The summed E-state index contributed by atoms with van der Waals surface area (Å²) >= 11 is 0. The molecule has 16 heavy (non-hydrogen) atoms. The summed E-state index contributed by atoms with van der Waals surface area (Å²) in [7, 11) is 0. The molecule has 0 bridgehead atoms. The van der Waals surface area contributed by atoms with Crippen LogP contribution in [0, 0.1) is 0 Å². The number of benzene rings is 1. The number of nitrogens with zero attached hydrogens (tertiary/aromatic N) is 1. The van der Waals surface area contributed by atoms with Crippen LogP contribution in [0.1, 0.15) is 10.4 Å². The van der Waals surface area contributed by atoms with E-state index in [-0.39, 0.29) is 11.3 Å². The largest absolute Gasteiger partial charge is 0.504 e. The minimum absolute atomic E-state index is 0.0603. The van der Waals surface area contributed by atoms with Crippen molar-refractivity contribution in [2.24, 2.45) is 0 Å². The number of phenols is 2. The van der Waals surface area contributed by atoms with Gasteiger partial charge in [-0.05, 0) is 18.2 Å². The smallest absolute Gasteiger partial charge is 0.168 e. The third-order valence-electron chi connectivity index (χ3n) is 2.28. The zero-order valence-electron chi connectivity index (χ0n) is 8.29. The van der Waals surface area contributed by atoms with Crippen LogP contribution in [0.5, 0.6) is 11.5 Å². The Labute approximate surface area is 91.8 Å². The van der Waals surface area contributed by atoms with Crippen molar-refractivity contribution in [3.63, 3.8) is 0 Å². The van der Waals surface area contributed by atoms with E-state index in [2.05, 4.69) is 4.98 Å². The van der Waals surface area contributed by atoms with Gasteiger partial charge in [0.05, 0.1) is 5.56 Å². The van der Waals surface area contributed by atoms with Gasteiger partial charge in [-0.25, -0.2) is 0 Å². The number of hydrogen-bond donors (Lipinski definition) is 2. The minimum atomic E-state index is -0.406. The summed E-state index contributed by atoms with van der Waals surface area (Å²) in [5.41, 5.74) is 1.18. The first-order valence-electron chi connectivity index (χ1n) is 4.64. The number of rotatable bonds is 2. The maximum absolute atomic E-state index is 10.5. The highest BCUT2D eigenvalue weighted by molar-refractivity contribution is 5.85. The predicted octanol–water partition coefficient (Wildman–Crippen LogP) is 1.97. The van der Waals surface area contributed by atoms with Gasteiger partial charge in [0.25, 0.3) is 0 Å². The van der Waals surface area contributed by atoms with Crippen LogP contribution in [-0.4, -0.2) is 21.5 Å². The molecule has 0 amide bonds. The van der Waals surface area contributed by atoms with Crippen LogP contribution in [0.15, 0.2) is 36.7 Å². The van der Waals surface area contributed by atoms with Crippen molar-refractivity contribution in [2.45, 2.75) is 0 Å². The second-order valence-corrected chi connectivity index (χ2v) is 3.26. The number of carbonyl (C=O) groups excluding carboxylic acids is 1. The van der Waals surface area contributed by atoms with Crippen LogP contribution in [-0.2, 0) is 0 Å². The van der Waals surface area contributed by atoms with Gasteiger partial charge in [-0.2, -0.15) is 0 Å². The summed E-state index contributed by atoms with van der Waals surface area (Å²) in [5.74, 6) is -0.714. The molecule has 0 atom stereocenters. The first kappa shape index (κ1) is 10.2. The van der Waals surface area contributed by atoms with E-state index in [4.69, 9.17) is 0 Å². The molecular formula is C12H9NO3. The Balaban J connectivity index is 2.60. The van der Waals surface area contributed by atoms with Gasteiger partial charge in [0, 0.05) is 23.5 Å². The molecule has 0 aliphatic rings. The molecule has 2 aromatic rings. The molecule has 4 heteroatoms. The maximum atomic E-state index is 10.5. The van der Waals surface area contributed by atoms with Gasteiger partial charge in [0.2, 0.25) is 0 Å². The molecule has 1 aromatic heterocycles. The molecule has 0 saturated carbocycles. The Kier molecular flexibility index (Phi) is 2.55. The van der Waals surface area contributed by atoms with Crippen molar-refractivity contribution in [3.8, 4) is 22.6 Å². The quantitative estimate of drug-likeness (QED) is 0.593. The van der Waals surface area contributed by atoms with Crippen molar-refractivity contribution in [3.05, 3.63) is 42.2 Å². The fourth-order valence-corrected chi connectivity index (χ4v) is 1.45. The fourth-order valence-electron chi connectivity index (χ4n) is 1.45. The summed E-state index contributed by atoms with van der Waals surface area (Å²) in [6.45, 7) is 0. The Morgan fingerprint density at radius 1 is 1.12 bits per heavy atom. The molecule has 2 N–H and O–H groups in total. The number of aldehydes is 1. The first-order chi connectivity index (χ1) is 7.74. The van der Waals surface area contributed by atoms with Gasteiger partial charge < -0.3 is 10.2 Å². The van der Waals surface area contributed by atoms with E-state index in [1.165, 1.54) is 6.07 Å². The van der Waals surface area contributed by atoms with Crippen molar-refractivity contribution in [1.82, 2.24) is 4.98 Å². The lowest BCUT2D eigenvalue weighted by atomic mass is 10.0. The van der Waals surface area contributed by atoms with Crippen LogP contribution in [0.3, 0.4) is 0 Å². The van der Waals surface area contributed by atoms with E-state index in [1.54, 1.807) is 30.6 Å². The molecule has 0 radical (unpaired) electrons. The van der Waals surface area contributed by atoms with E-state index in [0.29, 0.717) is 17.4 Å². The van der Waals surface area contributed by atoms with Crippen molar-refractivity contribution in [1.29, 1.82) is 0 Å². The van der Waals surface area contributed by atoms with E-state index in [0.717, 1.165) is 0 Å². The Morgan fingerprint density at radius 2 is 1.94 bits per heavy atom. The van der Waals surface area contributed by atoms with Gasteiger partial charge in [-0.15, -0.1) is 0 Å². The summed E-state index contributed by atoms with van der Waals surface area (Å²) in [5, 5.41) is 19.3. The molecule has 0 spiro atoms. The Bertz CT molecular complexity index is 523. The van der Waals surface area contributed by atoms with E-state index in [9.17, 15) is 15.0 Å². The third-order valence-corrected chi connectivity index (χ3v) is 2.28. The number of hydrogen-bond acceptors (Lipinski definition) is 4. The van der Waals surface area contributed by atoms with Crippen LogP contribution >= 0.6 is 0 Å². The molecule has 0 fully saturated rings. The average Bonchev–Trinajstić information content (AvgIpc) is 2.34. The van der Waals surface area contributed by atoms with Crippen molar-refractivity contribution < 1.29 is 15.0 Å². The lowest BCUT2D eigenvalue weighted by Crippen LogP contribution is -1.86. The van der Waals surface area contributed by atoms with Gasteiger partial charge in [-0.1, -0.05) is 6.07 Å². The van der Waals surface area contributed by atoms with E-state index < -0.39 is 5.75 Å². The van der Waals surface area contributed by atoms with Gasteiger partial charge >= 0.3 is 0 Å². The molecule has 4 nitrogen and oxygen atoms in total.